The average molecular weight is 322 g/mol. The lowest BCUT2D eigenvalue weighted by molar-refractivity contribution is -0.137. The second kappa shape index (κ2) is 9.02. The van der Waals surface area contributed by atoms with Gasteiger partial charge in [-0.15, -0.1) is 0 Å². The molecule has 6 heteroatoms. The first-order valence-electron chi connectivity index (χ1n) is 7.71. The van der Waals surface area contributed by atoms with E-state index in [9.17, 15) is 9.59 Å². The predicted molar refractivity (Wildman–Crippen MR) is 88.6 cm³/mol. The fraction of sp³-hybridized carbons (Fsp3) is 0.529. The standard InChI is InChI=1S/C17H26N2O4/c1-12(2)11-14(13-7-5-6-8-15(13)23-4)18-17(22)19(3)10-9-16(20)21/h5-8,12,14H,9-11H2,1-4H3,(H,18,22)(H,20,21). The van der Waals surface area contributed by atoms with Gasteiger partial charge in [-0.1, -0.05) is 32.0 Å². The van der Waals surface area contributed by atoms with Crippen LogP contribution in [0.2, 0.25) is 0 Å². The number of hydrogen-bond donors (Lipinski definition) is 2. The Hall–Kier alpha value is -2.24. The number of benzene rings is 1. The van der Waals surface area contributed by atoms with Gasteiger partial charge in [0.25, 0.3) is 0 Å². The molecular weight excluding hydrogens is 296 g/mol. The highest BCUT2D eigenvalue weighted by atomic mass is 16.5. The Labute approximate surface area is 137 Å². The topological polar surface area (TPSA) is 78.9 Å². The van der Waals surface area contributed by atoms with Crippen LogP contribution in [0.1, 0.15) is 38.3 Å². The number of carbonyl (C=O) groups excluding carboxylic acids is 1. The number of rotatable bonds is 8. The quantitative estimate of drug-likeness (QED) is 0.771. The van der Waals surface area contributed by atoms with Crippen LogP contribution in [0.15, 0.2) is 24.3 Å². The second-order valence-corrected chi connectivity index (χ2v) is 5.94. The van der Waals surface area contributed by atoms with E-state index in [0.29, 0.717) is 5.92 Å². The van der Waals surface area contributed by atoms with Crippen LogP contribution in [0.5, 0.6) is 5.75 Å². The van der Waals surface area contributed by atoms with Gasteiger partial charge in [-0.3, -0.25) is 4.79 Å². The molecule has 0 aromatic heterocycles. The van der Waals surface area contributed by atoms with Crippen LogP contribution in [-0.2, 0) is 4.79 Å². The van der Waals surface area contributed by atoms with Crippen LogP contribution in [0.4, 0.5) is 4.79 Å². The molecule has 0 saturated heterocycles. The lowest BCUT2D eigenvalue weighted by Crippen LogP contribution is -2.40. The monoisotopic (exact) mass is 322 g/mol. The van der Waals surface area contributed by atoms with Crippen molar-refractivity contribution in [1.82, 2.24) is 10.2 Å². The summed E-state index contributed by atoms with van der Waals surface area (Å²) in [5.41, 5.74) is 0.920. The maximum Gasteiger partial charge on any atom is 0.317 e. The highest BCUT2D eigenvalue weighted by Crippen LogP contribution is 2.29. The number of carboxylic acids is 1. The minimum atomic E-state index is -0.923. The van der Waals surface area contributed by atoms with E-state index in [-0.39, 0.29) is 25.0 Å². The highest BCUT2D eigenvalue weighted by molar-refractivity contribution is 5.75. The number of amides is 2. The molecule has 2 amide bonds. The van der Waals surface area contributed by atoms with Gasteiger partial charge in [-0.05, 0) is 18.4 Å². The van der Waals surface area contributed by atoms with Gasteiger partial charge in [0.2, 0.25) is 0 Å². The molecule has 0 radical (unpaired) electrons. The van der Waals surface area contributed by atoms with Crippen LogP contribution < -0.4 is 10.1 Å². The Morgan fingerprint density at radius 2 is 1.96 bits per heavy atom. The number of aliphatic carboxylic acids is 1. The molecule has 0 spiro atoms. The van der Waals surface area contributed by atoms with Crippen molar-refractivity contribution in [3.63, 3.8) is 0 Å². The minimum Gasteiger partial charge on any atom is -0.496 e. The van der Waals surface area contributed by atoms with Gasteiger partial charge in [0.1, 0.15) is 5.75 Å². The molecule has 0 saturated carbocycles. The average Bonchev–Trinajstić information content (AvgIpc) is 2.51. The van der Waals surface area contributed by atoms with Gasteiger partial charge in [-0.2, -0.15) is 0 Å². The van der Waals surface area contributed by atoms with Gasteiger partial charge in [-0.25, -0.2) is 4.79 Å². The number of carbonyl (C=O) groups is 2. The van der Waals surface area contributed by atoms with Gasteiger partial charge >= 0.3 is 12.0 Å². The number of urea groups is 1. The molecule has 0 fully saturated rings. The van der Waals surface area contributed by atoms with Crippen molar-refractivity contribution < 1.29 is 19.4 Å². The molecule has 1 atom stereocenters. The van der Waals surface area contributed by atoms with Crippen molar-refractivity contribution in [2.45, 2.75) is 32.7 Å². The molecule has 1 aromatic carbocycles. The van der Waals surface area contributed by atoms with E-state index in [0.717, 1.165) is 17.7 Å². The van der Waals surface area contributed by atoms with Crippen LogP contribution in [-0.4, -0.2) is 42.7 Å². The highest BCUT2D eigenvalue weighted by Gasteiger charge is 2.21. The molecule has 23 heavy (non-hydrogen) atoms. The van der Waals surface area contributed by atoms with E-state index in [1.807, 2.05) is 24.3 Å². The summed E-state index contributed by atoms with van der Waals surface area (Å²) in [5, 5.41) is 11.7. The van der Waals surface area contributed by atoms with Crippen molar-refractivity contribution in [2.75, 3.05) is 20.7 Å². The van der Waals surface area contributed by atoms with Crippen LogP contribution in [0.3, 0.4) is 0 Å². The van der Waals surface area contributed by atoms with Gasteiger partial charge in [0.15, 0.2) is 0 Å². The van der Waals surface area contributed by atoms with E-state index >= 15 is 0 Å². The Kier molecular flexibility index (Phi) is 7.38. The molecule has 0 heterocycles. The third kappa shape index (κ3) is 6.18. The van der Waals surface area contributed by atoms with Gasteiger partial charge in [0.05, 0.1) is 19.6 Å². The summed E-state index contributed by atoms with van der Waals surface area (Å²) in [7, 11) is 3.19. The Bertz CT molecular complexity index is 531. The number of hydrogen-bond acceptors (Lipinski definition) is 3. The number of carboxylic acid groups (broad SMARTS) is 1. The first kappa shape index (κ1) is 18.8. The summed E-state index contributed by atoms with van der Waals surface area (Å²) in [6.07, 6.45) is 0.687. The summed E-state index contributed by atoms with van der Waals surface area (Å²) in [5.74, 6) is 0.189. The molecule has 128 valence electrons. The second-order valence-electron chi connectivity index (χ2n) is 5.94. The van der Waals surface area contributed by atoms with Crippen LogP contribution in [0, 0.1) is 5.92 Å². The zero-order chi connectivity index (χ0) is 17.4. The van der Waals surface area contributed by atoms with E-state index in [1.165, 1.54) is 4.90 Å². The van der Waals surface area contributed by atoms with E-state index < -0.39 is 5.97 Å². The third-order valence-electron chi connectivity index (χ3n) is 3.53. The van der Waals surface area contributed by atoms with Crippen molar-refractivity contribution >= 4 is 12.0 Å². The SMILES string of the molecule is COc1ccccc1C(CC(C)C)NC(=O)N(C)CCC(=O)O. The Morgan fingerprint density at radius 1 is 1.30 bits per heavy atom. The molecular formula is C17H26N2O4. The fourth-order valence-corrected chi connectivity index (χ4v) is 2.31. The summed E-state index contributed by atoms with van der Waals surface area (Å²) in [4.78, 5) is 24.3. The fourth-order valence-electron chi connectivity index (χ4n) is 2.31. The molecule has 1 aromatic rings. The molecule has 1 unspecified atom stereocenters. The lowest BCUT2D eigenvalue weighted by Gasteiger charge is -2.26. The molecule has 6 nitrogen and oxygen atoms in total. The molecule has 2 N–H and O–H groups in total. The smallest absolute Gasteiger partial charge is 0.317 e. The van der Waals surface area contributed by atoms with Crippen molar-refractivity contribution in [3.8, 4) is 5.75 Å². The number of para-hydroxylation sites is 1. The normalized spacial score (nSPS) is 11.9. The van der Waals surface area contributed by atoms with Gasteiger partial charge in [0, 0.05) is 19.2 Å². The number of ether oxygens (including phenoxy) is 1. The lowest BCUT2D eigenvalue weighted by atomic mass is 9.96. The molecule has 0 aliphatic heterocycles. The van der Waals surface area contributed by atoms with Gasteiger partial charge < -0.3 is 20.1 Å². The summed E-state index contributed by atoms with van der Waals surface area (Å²) < 4.78 is 5.39. The molecule has 0 aliphatic rings. The maximum atomic E-state index is 12.3. The summed E-state index contributed by atoms with van der Waals surface area (Å²) >= 11 is 0. The first-order chi connectivity index (χ1) is 10.8. The first-order valence-corrected chi connectivity index (χ1v) is 7.71. The Morgan fingerprint density at radius 3 is 2.52 bits per heavy atom. The molecule has 0 aliphatic carbocycles. The summed E-state index contributed by atoms with van der Waals surface area (Å²) in [6.45, 7) is 4.34. The minimum absolute atomic E-state index is 0.0760. The van der Waals surface area contributed by atoms with E-state index in [1.54, 1.807) is 14.2 Å². The van der Waals surface area contributed by atoms with Crippen molar-refractivity contribution in [2.24, 2.45) is 5.92 Å². The van der Waals surface area contributed by atoms with Crippen molar-refractivity contribution in [3.05, 3.63) is 29.8 Å². The van der Waals surface area contributed by atoms with Crippen LogP contribution >= 0.6 is 0 Å². The summed E-state index contributed by atoms with van der Waals surface area (Å²) in [6, 6.07) is 7.11. The molecule has 1 rings (SSSR count). The molecule has 0 bridgehead atoms. The third-order valence-corrected chi connectivity index (χ3v) is 3.53. The van der Waals surface area contributed by atoms with E-state index in [4.69, 9.17) is 9.84 Å². The number of nitrogens with one attached hydrogen (secondary N) is 1. The zero-order valence-electron chi connectivity index (χ0n) is 14.2. The number of methoxy groups -OCH3 is 1. The number of nitrogens with zero attached hydrogens (tertiary/aromatic N) is 1. The van der Waals surface area contributed by atoms with Crippen LogP contribution in [0.25, 0.3) is 0 Å². The van der Waals surface area contributed by atoms with Crippen molar-refractivity contribution in [1.29, 1.82) is 0 Å². The maximum absolute atomic E-state index is 12.3. The zero-order valence-corrected chi connectivity index (χ0v) is 14.2. The van der Waals surface area contributed by atoms with E-state index in [2.05, 4.69) is 19.2 Å². The Balaban J connectivity index is 2.86. The predicted octanol–water partition coefficient (Wildman–Crippen LogP) is 2.90. The largest absolute Gasteiger partial charge is 0.496 e.